The fourth-order valence-electron chi connectivity index (χ4n) is 2.22. The third-order valence-electron chi connectivity index (χ3n) is 3.39. The number of hydrogen-bond donors (Lipinski definition) is 2. The molecule has 0 bridgehead atoms. The lowest BCUT2D eigenvalue weighted by Gasteiger charge is -2.12. The second-order valence-electron chi connectivity index (χ2n) is 5.19. The van der Waals surface area contributed by atoms with Crippen LogP contribution in [0.4, 0.5) is 23.1 Å². The number of aryl methyl sites for hydroxylation is 2. The van der Waals surface area contributed by atoms with Crippen LogP contribution in [0.15, 0.2) is 48.7 Å². The molecule has 1 heterocycles. The smallest absolute Gasteiger partial charge is 0.249 e. The van der Waals surface area contributed by atoms with Crippen LogP contribution in [0.3, 0.4) is 0 Å². The van der Waals surface area contributed by atoms with E-state index in [2.05, 4.69) is 51.8 Å². The summed E-state index contributed by atoms with van der Waals surface area (Å²) in [6.45, 7) is 4.10. The molecule has 0 aliphatic carbocycles. The van der Waals surface area contributed by atoms with Crippen LogP contribution in [-0.2, 0) is 0 Å². The number of nitrogens with one attached hydrogen (secondary N) is 2. The molecule has 0 aliphatic rings. The Bertz CT molecular complexity index is 797. The van der Waals surface area contributed by atoms with Gasteiger partial charge in [-0.05, 0) is 49.2 Å². The zero-order valence-electron chi connectivity index (χ0n) is 12.8. The van der Waals surface area contributed by atoms with Crippen LogP contribution in [0.2, 0.25) is 5.02 Å². The van der Waals surface area contributed by atoms with Gasteiger partial charge >= 0.3 is 0 Å². The largest absolute Gasteiger partial charge is 0.338 e. The molecule has 3 aromatic rings. The van der Waals surface area contributed by atoms with E-state index in [1.54, 1.807) is 18.3 Å². The topological polar surface area (TPSA) is 62.7 Å². The van der Waals surface area contributed by atoms with Crippen molar-refractivity contribution in [1.29, 1.82) is 0 Å². The fraction of sp³-hybridized carbons (Fsp3) is 0.118. The first-order valence-electron chi connectivity index (χ1n) is 7.17. The number of benzene rings is 2. The summed E-state index contributed by atoms with van der Waals surface area (Å²) < 4.78 is 0. The van der Waals surface area contributed by atoms with Crippen LogP contribution >= 0.6 is 11.6 Å². The number of nitrogens with zero attached hydrogens (tertiary/aromatic N) is 3. The zero-order valence-corrected chi connectivity index (χ0v) is 13.6. The molecule has 0 radical (unpaired) electrons. The molecular weight excluding hydrogens is 310 g/mol. The molecule has 23 heavy (non-hydrogen) atoms. The number of rotatable bonds is 4. The van der Waals surface area contributed by atoms with E-state index in [0.29, 0.717) is 16.8 Å². The number of para-hydroxylation sites is 1. The minimum Gasteiger partial charge on any atom is -0.338 e. The third-order valence-corrected chi connectivity index (χ3v) is 3.65. The van der Waals surface area contributed by atoms with Crippen molar-refractivity contribution in [3.63, 3.8) is 0 Å². The lowest BCUT2D eigenvalue weighted by molar-refractivity contribution is 0.982. The van der Waals surface area contributed by atoms with Crippen molar-refractivity contribution in [2.24, 2.45) is 0 Å². The van der Waals surface area contributed by atoms with Gasteiger partial charge in [0.2, 0.25) is 5.95 Å². The summed E-state index contributed by atoms with van der Waals surface area (Å²) in [5.41, 5.74) is 4.18. The van der Waals surface area contributed by atoms with Gasteiger partial charge in [0.15, 0.2) is 5.82 Å². The Hall–Kier alpha value is -2.66. The average molecular weight is 326 g/mol. The van der Waals surface area contributed by atoms with Crippen molar-refractivity contribution in [3.05, 3.63) is 64.8 Å². The second-order valence-corrected chi connectivity index (χ2v) is 5.63. The normalized spacial score (nSPS) is 10.4. The molecule has 0 aliphatic heterocycles. The van der Waals surface area contributed by atoms with Crippen molar-refractivity contribution in [2.75, 3.05) is 10.6 Å². The summed E-state index contributed by atoms with van der Waals surface area (Å²) in [4.78, 5) is 4.44. The number of anilines is 4. The lowest BCUT2D eigenvalue weighted by atomic mass is 10.1. The van der Waals surface area contributed by atoms with Gasteiger partial charge in [-0.15, -0.1) is 5.10 Å². The standard InChI is InChI=1S/C17H16ClN5/c1-11-4-3-5-12(2)16(11)21-15-10-19-23-17(22-15)20-14-8-6-13(18)7-9-14/h3-10H,1-2H3,(H2,20,21,22,23). The van der Waals surface area contributed by atoms with E-state index in [1.807, 2.05) is 18.2 Å². The van der Waals surface area contributed by atoms with Gasteiger partial charge in [-0.25, -0.2) is 0 Å². The Labute approximate surface area is 139 Å². The molecule has 6 heteroatoms. The maximum absolute atomic E-state index is 5.88. The predicted molar refractivity (Wildman–Crippen MR) is 93.8 cm³/mol. The summed E-state index contributed by atoms with van der Waals surface area (Å²) in [5, 5.41) is 15.1. The summed E-state index contributed by atoms with van der Waals surface area (Å²) in [6, 6.07) is 13.5. The van der Waals surface area contributed by atoms with Gasteiger partial charge in [-0.3, -0.25) is 0 Å². The molecule has 0 unspecified atom stereocenters. The highest BCUT2D eigenvalue weighted by atomic mass is 35.5. The first kappa shape index (κ1) is 15.2. The van der Waals surface area contributed by atoms with Crippen molar-refractivity contribution < 1.29 is 0 Å². The Morgan fingerprint density at radius 2 is 1.61 bits per heavy atom. The summed E-state index contributed by atoms with van der Waals surface area (Å²) in [6.07, 6.45) is 1.60. The van der Waals surface area contributed by atoms with Crippen molar-refractivity contribution in [3.8, 4) is 0 Å². The Morgan fingerprint density at radius 3 is 2.30 bits per heavy atom. The third kappa shape index (κ3) is 3.76. The Balaban J connectivity index is 1.81. The van der Waals surface area contributed by atoms with Crippen LogP contribution < -0.4 is 10.6 Å². The molecule has 0 atom stereocenters. The second kappa shape index (κ2) is 6.62. The molecule has 0 fully saturated rings. The van der Waals surface area contributed by atoms with Gasteiger partial charge in [0.1, 0.15) is 0 Å². The molecule has 0 spiro atoms. The summed E-state index contributed by atoms with van der Waals surface area (Å²) in [5.74, 6) is 1.05. The SMILES string of the molecule is Cc1cccc(C)c1Nc1cnnc(Nc2ccc(Cl)cc2)n1. The number of aromatic nitrogens is 3. The van der Waals surface area contributed by atoms with Crippen LogP contribution in [0.25, 0.3) is 0 Å². The van der Waals surface area contributed by atoms with E-state index < -0.39 is 0 Å². The van der Waals surface area contributed by atoms with E-state index in [9.17, 15) is 0 Å². The Morgan fingerprint density at radius 1 is 0.913 bits per heavy atom. The molecule has 0 saturated heterocycles. The molecule has 5 nitrogen and oxygen atoms in total. The number of halogens is 1. The lowest BCUT2D eigenvalue weighted by Crippen LogP contribution is -2.03. The fourth-order valence-corrected chi connectivity index (χ4v) is 2.34. The Kier molecular flexibility index (Phi) is 4.39. The summed E-state index contributed by atoms with van der Waals surface area (Å²) in [7, 11) is 0. The summed E-state index contributed by atoms with van der Waals surface area (Å²) >= 11 is 5.88. The van der Waals surface area contributed by atoms with Crippen LogP contribution in [0, 0.1) is 13.8 Å². The van der Waals surface area contributed by atoms with E-state index >= 15 is 0 Å². The quantitative estimate of drug-likeness (QED) is 0.732. The van der Waals surface area contributed by atoms with Crippen molar-refractivity contribution >= 4 is 34.7 Å². The van der Waals surface area contributed by atoms with Crippen molar-refractivity contribution in [2.45, 2.75) is 13.8 Å². The molecule has 3 rings (SSSR count). The van der Waals surface area contributed by atoms with E-state index in [-0.39, 0.29) is 0 Å². The molecular formula is C17H16ClN5. The van der Waals surface area contributed by atoms with Crippen LogP contribution in [0.5, 0.6) is 0 Å². The predicted octanol–water partition coefficient (Wildman–Crippen LogP) is 4.63. The van der Waals surface area contributed by atoms with Crippen LogP contribution in [0.1, 0.15) is 11.1 Å². The maximum Gasteiger partial charge on any atom is 0.249 e. The van der Waals surface area contributed by atoms with Gasteiger partial charge in [0, 0.05) is 16.4 Å². The minimum atomic E-state index is 0.420. The minimum absolute atomic E-state index is 0.420. The monoisotopic (exact) mass is 325 g/mol. The van der Waals surface area contributed by atoms with Crippen LogP contribution in [-0.4, -0.2) is 15.2 Å². The molecule has 1 aromatic heterocycles. The van der Waals surface area contributed by atoms with E-state index in [0.717, 1.165) is 22.5 Å². The molecule has 116 valence electrons. The highest BCUT2D eigenvalue weighted by Crippen LogP contribution is 2.23. The first-order valence-corrected chi connectivity index (χ1v) is 7.55. The zero-order chi connectivity index (χ0) is 16.2. The van der Waals surface area contributed by atoms with Gasteiger partial charge < -0.3 is 10.6 Å². The highest BCUT2D eigenvalue weighted by molar-refractivity contribution is 6.30. The van der Waals surface area contributed by atoms with Gasteiger partial charge in [0.25, 0.3) is 0 Å². The first-order chi connectivity index (χ1) is 11.1. The number of hydrogen-bond acceptors (Lipinski definition) is 5. The van der Waals surface area contributed by atoms with Crippen molar-refractivity contribution in [1.82, 2.24) is 15.2 Å². The van der Waals surface area contributed by atoms with E-state index in [1.165, 1.54) is 0 Å². The van der Waals surface area contributed by atoms with E-state index in [4.69, 9.17) is 11.6 Å². The molecule has 2 N–H and O–H groups in total. The van der Waals surface area contributed by atoms with Gasteiger partial charge in [0.05, 0.1) is 6.20 Å². The highest BCUT2D eigenvalue weighted by Gasteiger charge is 2.06. The molecule has 2 aromatic carbocycles. The van der Waals surface area contributed by atoms with Gasteiger partial charge in [-0.1, -0.05) is 29.8 Å². The molecule has 0 amide bonds. The average Bonchev–Trinajstić information content (AvgIpc) is 2.54. The van der Waals surface area contributed by atoms with Gasteiger partial charge in [-0.2, -0.15) is 10.1 Å². The maximum atomic E-state index is 5.88. The molecule has 0 saturated carbocycles.